The molecule has 0 aliphatic carbocycles. The Kier molecular flexibility index (Phi) is 2.59. The average molecular weight is 262 g/mol. The van der Waals surface area contributed by atoms with E-state index < -0.39 is 0 Å². The van der Waals surface area contributed by atoms with Crippen molar-refractivity contribution in [2.24, 2.45) is 0 Å². The van der Waals surface area contributed by atoms with E-state index in [1.807, 2.05) is 30.5 Å². The summed E-state index contributed by atoms with van der Waals surface area (Å²) in [6.45, 7) is 0.634. The summed E-state index contributed by atoms with van der Waals surface area (Å²) < 4.78 is 11.6. The molecule has 2 nitrogen and oxygen atoms in total. The molecule has 0 aromatic heterocycles. The number of allylic oxidation sites excluding steroid dienone is 1. The predicted octanol–water partition coefficient (Wildman–Crippen LogP) is 4.07. The molecule has 2 aliphatic rings. The molecule has 2 heteroatoms. The maximum Gasteiger partial charge on any atom is 0.134 e. The molecule has 2 aromatic carbocycles. The van der Waals surface area contributed by atoms with Crippen molar-refractivity contribution in [2.45, 2.75) is 6.42 Å². The van der Waals surface area contributed by atoms with Gasteiger partial charge in [0.1, 0.15) is 18.1 Å². The molecule has 2 aliphatic heterocycles. The monoisotopic (exact) mass is 262 g/mol. The van der Waals surface area contributed by atoms with Crippen LogP contribution in [0, 0.1) is 0 Å². The largest absolute Gasteiger partial charge is 0.488 e. The van der Waals surface area contributed by atoms with Crippen molar-refractivity contribution in [3.63, 3.8) is 0 Å². The zero-order chi connectivity index (χ0) is 13.4. The van der Waals surface area contributed by atoms with Gasteiger partial charge < -0.3 is 9.47 Å². The van der Waals surface area contributed by atoms with Gasteiger partial charge >= 0.3 is 0 Å². The van der Waals surface area contributed by atoms with Crippen LogP contribution in [0.3, 0.4) is 0 Å². The van der Waals surface area contributed by atoms with Crippen molar-refractivity contribution >= 4 is 11.6 Å². The third kappa shape index (κ3) is 1.81. The second kappa shape index (κ2) is 4.57. The third-order valence-electron chi connectivity index (χ3n) is 3.69. The normalized spacial score (nSPS) is 15.5. The molecule has 0 amide bonds. The number of benzene rings is 2. The van der Waals surface area contributed by atoms with E-state index in [-0.39, 0.29) is 0 Å². The lowest BCUT2D eigenvalue weighted by atomic mass is 9.94. The Labute approximate surface area is 118 Å². The van der Waals surface area contributed by atoms with Crippen molar-refractivity contribution in [2.75, 3.05) is 6.61 Å². The third-order valence-corrected chi connectivity index (χ3v) is 3.69. The van der Waals surface area contributed by atoms with E-state index in [0.29, 0.717) is 6.61 Å². The van der Waals surface area contributed by atoms with Crippen molar-refractivity contribution in [3.05, 3.63) is 71.5 Å². The fraction of sp³-hybridized carbons (Fsp3) is 0.111. The van der Waals surface area contributed by atoms with Crippen LogP contribution in [0.1, 0.15) is 16.7 Å². The Morgan fingerprint density at radius 1 is 0.950 bits per heavy atom. The second-order valence-electron chi connectivity index (χ2n) is 4.98. The van der Waals surface area contributed by atoms with Crippen LogP contribution in [0.25, 0.3) is 11.6 Å². The molecule has 0 fully saturated rings. The van der Waals surface area contributed by atoms with Crippen LogP contribution < -0.4 is 9.47 Å². The summed E-state index contributed by atoms with van der Waals surface area (Å²) in [6, 6.07) is 14.4. The Bertz CT molecular complexity index is 726. The zero-order valence-corrected chi connectivity index (χ0v) is 11.0. The van der Waals surface area contributed by atoms with Crippen LogP contribution in [0.15, 0.2) is 54.8 Å². The molecule has 2 heterocycles. The minimum absolute atomic E-state index is 0.634. The highest BCUT2D eigenvalue weighted by molar-refractivity contribution is 5.78. The van der Waals surface area contributed by atoms with Gasteiger partial charge in [0.15, 0.2) is 0 Å². The topological polar surface area (TPSA) is 18.5 Å². The van der Waals surface area contributed by atoms with E-state index in [2.05, 4.69) is 30.3 Å². The molecule has 2 aromatic rings. The van der Waals surface area contributed by atoms with Crippen molar-refractivity contribution in [1.82, 2.24) is 0 Å². The molecule has 0 saturated carbocycles. The van der Waals surface area contributed by atoms with E-state index in [1.54, 1.807) is 0 Å². The van der Waals surface area contributed by atoms with E-state index in [9.17, 15) is 0 Å². The van der Waals surface area contributed by atoms with Gasteiger partial charge in [0.25, 0.3) is 0 Å². The molecular weight excluding hydrogens is 248 g/mol. The fourth-order valence-electron chi connectivity index (χ4n) is 2.71. The number of rotatable bonds is 1. The van der Waals surface area contributed by atoms with E-state index in [0.717, 1.165) is 34.6 Å². The maximum atomic E-state index is 5.81. The number of ether oxygens (including phenoxy) is 2. The molecule has 0 N–H and O–H groups in total. The lowest BCUT2D eigenvalue weighted by Crippen LogP contribution is -2.07. The van der Waals surface area contributed by atoms with E-state index in [4.69, 9.17) is 9.47 Å². The van der Waals surface area contributed by atoms with Crippen molar-refractivity contribution in [3.8, 4) is 11.5 Å². The summed E-state index contributed by atoms with van der Waals surface area (Å²) in [5, 5.41) is 0. The van der Waals surface area contributed by atoms with E-state index in [1.165, 1.54) is 5.56 Å². The van der Waals surface area contributed by atoms with Crippen LogP contribution in [0.2, 0.25) is 0 Å². The first-order valence-corrected chi connectivity index (χ1v) is 6.78. The molecule has 0 radical (unpaired) electrons. The van der Waals surface area contributed by atoms with Crippen LogP contribution in [-0.4, -0.2) is 6.61 Å². The quantitative estimate of drug-likeness (QED) is 0.771. The molecule has 0 atom stereocenters. The first-order chi connectivity index (χ1) is 9.92. The van der Waals surface area contributed by atoms with Gasteiger partial charge in [0, 0.05) is 23.1 Å². The Morgan fingerprint density at radius 2 is 1.90 bits per heavy atom. The summed E-state index contributed by atoms with van der Waals surface area (Å²) in [5.74, 6) is 1.91. The Hall–Kier alpha value is -2.48. The summed E-state index contributed by atoms with van der Waals surface area (Å²) in [7, 11) is 0. The molecule has 20 heavy (non-hydrogen) atoms. The summed E-state index contributed by atoms with van der Waals surface area (Å²) in [5.41, 5.74) is 4.64. The number of hydrogen-bond donors (Lipinski definition) is 0. The standard InChI is InChI=1S/C18H14O2/c1-2-9-17-14(5-1)11-15(12-20-17)16-8-3-6-13-7-4-10-19-18(13)16/h1-9,12H,10-11H2. The van der Waals surface area contributed by atoms with E-state index >= 15 is 0 Å². The summed E-state index contributed by atoms with van der Waals surface area (Å²) in [6.07, 6.45) is 6.87. The van der Waals surface area contributed by atoms with Gasteiger partial charge in [-0.3, -0.25) is 0 Å². The first-order valence-electron chi connectivity index (χ1n) is 6.78. The number of hydrogen-bond acceptors (Lipinski definition) is 2. The van der Waals surface area contributed by atoms with Gasteiger partial charge in [0.05, 0.1) is 6.26 Å². The van der Waals surface area contributed by atoms with Crippen LogP contribution in [0.4, 0.5) is 0 Å². The SMILES string of the molecule is C1=Cc2cccc(C3=COc4ccccc4C3)c2OC1. The molecule has 0 bridgehead atoms. The van der Waals surface area contributed by atoms with Gasteiger partial charge in [-0.2, -0.15) is 0 Å². The van der Waals surface area contributed by atoms with Gasteiger partial charge in [-0.25, -0.2) is 0 Å². The van der Waals surface area contributed by atoms with Gasteiger partial charge in [-0.05, 0) is 17.7 Å². The summed E-state index contributed by atoms with van der Waals surface area (Å²) in [4.78, 5) is 0. The van der Waals surface area contributed by atoms with Crippen LogP contribution in [-0.2, 0) is 6.42 Å². The van der Waals surface area contributed by atoms with Crippen LogP contribution in [0.5, 0.6) is 11.5 Å². The van der Waals surface area contributed by atoms with Crippen LogP contribution >= 0.6 is 0 Å². The smallest absolute Gasteiger partial charge is 0.134 e. The van der Waals surface area contributed by atoms with Crippen molar-refractivity contribution in [1.29, 1.82) is 0 Å². The fourth-order valence-corrected chi connectivity index (χ4v) is 2.71. The highest BCUT2D eigenvalue weighted by atomic mass is 16.5. The zero-order valence-electron chi connectivity index (χ0n) is 11.0. The molecule has 0 spiro atoms. The molecule has 0 saturated heterocycles. The highest BCUT2D eigenvalue weighted by Gasteiger charge is 2.19. The average Bonchev–Trinajstić information content (AvgIpc) is 2.54. The van der Waals surface area contributed by atoms with Crippen molar-refractivity contribution < 1.29 is 9.47 Å². The maximum absolute atomic E-state index is 5.81. The second-order valence-corrected chi connectivity index (χ2v) is 4.98. The minimum Gasteiger partial charge on any atom is -0.488 e. The Morgan fingerprint density at radius 3 is 2.90 bits per heavy atom. The Balaban J connectivity index is 1.77. The first kappa shape index (κ1) is 11.4. The number of para-hydroxylation sites is 2. The number of fused-ring (bicyclic) bond motifs is 2. The lowest BCUT2D eigenvalue weighted by Gasteiger charge is -2.21. The molecule has 0 unspecified atom stereocenters. The van der Waals surface area contributed by atoms with Gasteiger partial charge in [0.2, 0.25) is 0 Å². The lowest BCUT2D eigenvalue weighted by molar-refractivity contribution is 0.357. The van der Waals surface area contributed by atoms with Gasteiger partial charge in [-0.1, -0.05) is 42.5 Å². The molecule has 4 rings (SSSR count). The molecule has 98 valence electrons. The predicted molar refractivity (Wildman–Crippen MR) is 79.7 cm³/mol. The highest BCUT2D eigenvalue weighted by Crippen LogP contribution is 2.37. The summed E-state index contributed by atoms with van der Waals surface area (Å²) >= 11 is 0. The van der Waals surface area contributed by atoms with Gasteiger partial charge in [-0.15, -0.1) is 0 Å². The minimum atomic E-state index is 0.634. The molecular formula is C18H14O2.